The molecule has 0 spiro atoms. The molecule has 3 aromatic rings. The summed E-state index contributed by atoms with van der Waals surface area (Å²) in [6.07, 6.45) is 3.39. The summed E-state index contributed by atoms with van der Waals surface area (Å²) in [6, 6.07) is 5.81. The normalized spacial score (nSPS) is 11.6. The van der Waals surface area contributed by atoms with E-state index in [1.807, 2.05) is 29.7 Å². The summed E-state index contributed by atoms with van der Waals surface area (Å²) in [6.45, 7) is 6.86. The number of carbonyl (C=O) groups excluding carboxylic acids is 2. The number of benzene rings is 1. The lowest BCUT2D eigenvalue weighted by atomic mass is 10.3. The van der Waals surface area contributed by atoms with Crippen molar-refractivity contribution >= 4 is 61.6 Å². The molecule has 2 amide bonds. The predicted molar refractivity (Wildman–Crippen MR) is 120 cm³/mol. The van der Waals surface area contributed by atoms with Crippen LogP contribution in [-0.2, 0) is 16.1 Å². The third kappa shape index (κ3) is 5.78. The van der Waals surface area contributed by atoms with Crippen LogP contribution in [0.5, 0.6) is 5.75 Å². The van der Waals surface area contributed by atoms with E-state index < -0.39 is 0 Å². The molecule has 0 bridgehead atoms. The van der Waals surface area contributed by atoms with Crippen LogP contribution < -0.4 is 14.9 Å². The van der Waals surface area contributed by atoms with E-state index >= 15 is 0 Å². The number of rotatable bonds is 9. The number of hydrogen-bond donors (Lipinski definition) is 1. The van der Waals surface area contributed by atoms with E-state index in [1.165, 1.54) is 34.4 Å². The molecule has 0 saturated carbocycles. The molecular formula is C19H20N4O3S3. The van der Waals surface area contributed by atoms with E-state index in [9.17, 15) is 9.59 Å². The molecule has 1 N–H and O–H groups in total. The first kappa shape index (κ1) is 21.3. The first-order chi connectivity index (χ1) is 14.1. The average molecular weight is 449 g/mol. The lowest BCUT2D eigenvalue weighted by Gasteiger charge is -2.04. The number of amides is 2. The van der Waals surface area contributed by atoms with Gasteiger partial charge in [0.1, 0.15) is 5.75 Å². The molecule has 0 aliphatic heterocycles. The number of ether oxygens (including phenoxy) is 1. The van der Waals surface area contributed by atoms with Crippen LogP contribution in [0.3, 0.4) is 0 Å². The Morgan fingerprint density at radius 2 is 2.28 bits per heavy atom. The number of carbonyl (C=O) groups is 2. The number of allylic oxidation sites excluding steroid dienone is 1. The Balaban J connectivity index is 1.68. The van der Waals surface area contributed by atoms with E-state index in [0.29, 0.717) is 23.1 Å². The van der Waals surface area contributed by atoms with E-state index in [1.54, 1.807) is 17.7 Å². The average Bonchev–Trinajstić information content (AvgIpc) is 3.30. The number of thioether (sulfide) groups is 1. The summed E-state index contributed by atoms with van der Waals surface area (Å²) in [5.41, 5.74) is 0.973. The molecule has 152 valence electrons. The van der Waals surface area contributed by atoms with E-state index in [4.69, 9.17) is 4.74 Å². The second kappa shape index (κ2) is 10.4. The largest absolute Gasteiger partial charge is 0.494 e. The minimum Gasteiger partial charge on any atom is -0.494 e. The van der Waals surface area contributed by atoms with Gasteiger partial charge in [-0.15, -0.1) is 29.7 Å². The van der Waals surface area contributed by atoms with Crippen LogP contribution in [0.2, 0.25) is 0 Å². The highest BCUT2D eigenvalue weighted by Gasteiger charge is 2.10. The van der Waals surface area contributed by atoms with Gasteiger partial charge in [0.05, 0.1) is 28.3 Å². The zero-order valence-electron chi connectivity index (χ0n) is 15.8. The first-order valence-corrected chi connectivity index (χ1v) is 11.7. The molecule has 0 aliphatic rings. The van der Waals surface area contributed by atoms with Crippen molar-refractivity contribution in [1.82, 2.24) is 9.55 Å². The van der Waals surface area contributed by atoms with Crippen molar-refractivity contribution < 1.29 is 14.3 Å². The zero-order chi connectivity index (χ0) is 20.6. The molecule has 10 heteroatoms. The van der Waals surface area contributed by atoms with Crippen molar-refractivity contribution in [3.05, 3.63) is 47.2 Å². The molecule has 2 heterocycles. The molecule has 2 aromatic heterocycles. The Hall–Kier alpha value is -2.43. The van der Waals surface area contributed by atoms with Gasteiger partial charge in [0.2, 0.25) is 5.91 Å². The molecule has 0 fully saturated rings. The number of fused-ring (bicyclic) bond motifs is 1. The Morgan fingerprint density at radius 1 is 1.41 bits per heavy atom. The fraction of sp³-hybridized carbons (Fsp3) is 0.263. The standard InChI is InChI=1S/C19H20N4O3S3/c1-3-8-23-14-6-5-13(26-4-2)10-15(14)29-19(23)22-17(25)12-27-11-16(24)21-18-20-7-9-28-18/h3,5-7,9-10H,1,4,8,11-12H2,2H3,(H,20,21,24). The monoisotopic (exact) mass is 448 g/mol. The third-order valence-corrected chi connectivity index (χ3v) is 6.28. The summed E-state index contributed by atoms with van der Waals surface area (Å²) in [4.78, 5) is 33.0. The maximum absolute atomic E-state index is 12.3. The second-order valence-corrected chi connectivity index (χ2v) is 8.62. The molecule has 0 unspecified atom stereocenters. The second-order valence-electron chi connectivity index (χ2n) is 5.73. The topological polar surface area (TPSA) is 85.6 Å². The smallest absolute Gasteiger partial charge is 0.258 e. The van der Waals surface area contributed by atoms with E-state index in [-0.39, 0.29) is 23.3 Å². The molecule has 1 aromatic carbocycles. The summed E-state index contributed by atoms with van der Waals surface area (Å²) >= 11 is 4.00. The van der Waals surface area contributed by atoms with Crippen molar-refractivity contribution in [2.45, 2.75) is 13.5 Å². The highest BCUT2D eigenvalue weighted by Crippen LogP contribution is 2.23. The fourth-order valence-corrected chi connectivity index (χ4v) is 4.74. The van der Waals surface area contributed by atoms with Gasteiger partial charge in [-0.05, 0) is 25.1 Å². The molecule has 0 saturated heterocycles. The number of nitrogens with zero attached hydrogens (tertiary/aromatic N) is 3. The number of nitrogens with one attached hydrogen (secondary N) is 1. The number of thiazole rings is 2. The summed E-state index contributed by atoms with van der Waals surface area (Å²) in [5, 5.41) is 5.02. The zero-order valence-corrected chi connectivity index (χ0v) is 18.2. The molecule has 3 rings (SSSR count). The quantitative estimate of drug-likeness (QED) is 0.506. The Labute approximate surface area is 180 Å². The van der Waals surface area contributed by atoms with Gasteiger partial charge in [-0.25, -0.2) is 4.98 Å². The highest BCUT2D eigenvalue weighted by molar-refractivity contribution is 8.00. The molecule has 0 aliphatic carbocycles. The number of aromatic nitrogens is 2. The van der Waals surface area contributed by atoms with Gasteiger partial charge >= 0.3 is 0 Å². The molecular weight excluding hydrogens is 428 g/mol. The minimum absolute atomic E-state index is 0.123. The van der Waals surface area contributed by atoms with E-state index in [0.717, 1.165) is 16.0 Å². The number of hydrogen-bond acceptors (Lipinski definition) is 7. The van der Waals surface area contributed by atoms with Crippen LogP contribution in [0.25, 0.3) is 10.2 Å². The minimum atomic E-state index is -0.286. The number of anilines is 1. The van der Waals surface area contributed by atoms with Crippen molar-refractivity contribution in [2.75, 3.05) is 23.4 Å². The third-order valence-electron chi connectivity index (χ3n) is 3.63. The lowest BCUT2D eigenvalue weighted by Crippen LogP contribution is -2.18. The van der Waals surface area contributed by atoms with Crippen LogP contribution >= 0.6 is 34.4 Å². The van der Waals surface area contributed by atoms with Gasteiger partial charge < -0.3 is 14.6 Å². The molecule has 7 nitrogen and oxygen atoms in total. The van der Waals surface area contributed by atoms with Crippen molar-refractivity contribution in [3.63, 3.8) is 0 Å². The Morgan fingerprint density at radius 3 is 3.00 bits per heavy atom. The highest BCUT2D eigenvalue weighted by atomic mass is 32.2. The van der Waals surface area contributed by atoms with Crippen LogP contribution in [0.4, 0.5) is 5.13 Å². The maximum Gasteiger partial charge on any atom is 0.258 e. The van der Waals surface area contributed by atoms with Crippen LogP contribution in [0.15, 0.2) is 47.4 Å². The van der Waals surface area contributed by atoms with Gasteiger partial charge in [-0.1, -0.05) is 17.4 Å². The van der Waals surface area contributed by atoms with Crippen molar-refractivity contribution in [2.24, 2.45) is 4.99 Å². The van der Waals surface area contributed by atoms with Gasteiger partial charge in [-0.2, -0.15) is 4.99 Å². The summed E-state index contributed by atoms with van der Waals surface area (Å²) in [5.74, 6) is 0.595. The SMILES string of the molecule is C=CCn1c(=NC(=O)CSCC(=O)Nc2nccs2)sc2cc(OCC)ccc21. The van der Waals surface area contributed by atoms with Crippen molar-refractivity contribution in [1.29, 1.82) is 0 Å². The maximum atomic E-state index is 12.3. The fourth-order valence-electron chi connectivity index (χ4n) is 2.51. The van der Waals surface area contributed by atoms with Crippen molar-refractivity contribution in [3.8, 4) is 5.75 Å². The summed E-state index contributed by atoms with van der Waals surface area (Å²) in [7, 11) is 0. The van der Waals surface area contributed by atoms with Gasteiger partial charge in [-0.3, -0.25) is 9.59 Å². The molecule has 0 radical (unpaired) electrons. The molecule has 29 heavy (non-hydrogen) atoms. The molecule has 0 atom stereocenters. The Bertz CT molecular complexity index is 1070. The van der Waals surface area contributed by atoms with Gasteiger partial charge in [0.25, 0.3) is 5.91 Å². The lowest BCUT2D eigenvalue weighted by molar-refractivity contribution is -0.115. The van der Waals surface area contributed by atoms with E-state index in [2.05, 4.69) is 21.9 Å². The van der Waals surface area contributed by atoms with Crippen LogP contribution in [0, 0.1) is 0 Å². The first-order valence-electron chi connectivity index (χ1n) is 8.82. The van der Waals surface area contributed by atoms with Gasteiger partial charge in [0.15, 0.2) is 9.93 Å². The Kier molecular flexibility index (Phi) is 7.62. The van der Waals surface area contributed by atoms with Gasteiger partial charge in [0, 0.05) is 18.1 Å². The van der Waals surface area contributed by atoms with Crippen LogP contribution in [0.1, 0.15) is 6.92 Å². The predicted octanol–water partition coefficient (Wildman–Crippen LogP) is 3.54. The summed E-state index contributed by atoms with van der Waals surface area (Å²) < 4.78 is 8.48. The van der Waals surface area contributed by atoms with Crippen LogP contribution in [-0.4, -0.2) is 39.5 Å².